The third kappa shape index (κ3) is 1.91. The lowest BCUT2D eigenvalue weighted by atomic mass is 10.3. The minimum absolute atomic E-state index is 0.0693. The minimum atomic E-state index is -3.66. The maximum Gasteiger partial charge on any atom is 0.238 e. The molecule has 0 radical (unpaired) electrons. The molecule has 0 fully saturated rings. The van der Waals surface area contributed by atoms with Gasteiger partial charge in [-0.3, -0.25) is 0 Å². The van der Waals surface area contributed by atoms with Gasteiger partial charge in [0.05, 0.1) is 10.6 Å². The van der Waals surface area contributed by atoms with Crippen LogP contribution in [0.25, 0.3) is 0 Å². The Morgan fingerprint density at radius 1 is 1.53 bits per heavy atom. The summed E-state index contributed by atoms with van der Waals surface area (Å²) < 4.78 is 27.6. The Bertz CT molecular complexity index is 484. The summed E-state index contributed by atoms with van der Waals surface area (Å²) in [5, 5.41) is 8.12. The summed E-state index contributed by atoms with van der Waals surface area (Å²) >= 11 is 0. The summed E-state index contributed by atoms with van der Waals surface area (Å²) in [6.07, 6.45) is 0.718. The Morgan fingerprint density at radius 2 is 2.27 bits per heavy atom. The van der Waals surface area contributed by atoms with E-state index in [1.807, 2.05) is 6.92 Å². The number of rotatable bonds is 2. The molecule has 0 amide bonds. The molecule has 0 aromatic heterocycles. The average molecular weight is 228 g/mol. The second-order valence-electron chi connectivity index (χ2n) is 3.36. The van der Waals surface area contributed by atoms with Crippen molar-refractivity contribution in [3.05, 3.63) is 18.2 Å². The van der Waals surface area contributed by atoms with Gasteiger partial charge in [0.15, 0.2) is 6.23 Å². The van der Waals surface area contributed by atoms with Crippen LogP contribution < -0.4 is 15.2 Å². The fourth-order valence-electron chi connectivity index (χ4n) is 1.44. The number of hydrogen-bond donors (Lipinski definition) is 2. The van der Waals surface area contributed by atoms with Crippen molar-refractivity contribution in [3.63, 3.8) is 0 Å². The molecule has 0 spiro atoms. The smallest absolute Gasteiger partial charge is 0.238 e. The quantitative estimate of drug-likeness (QED) is 0.787. The summed E-state index contributed by atoms with van der Waals surface area (Å²) in [7, 11) is -3.66. The Labute approximate surface area is 88.3 Å². The molecule has 15 heavy (non-hydrogen) atoms. The number of nitrogens with two attached hydrogens (primary N) is 1. The lowest BCUT2D eigenvalue weighted by Gasteiger charge is -2.06. The number of nitrogens with one attached hydrogen (secondary N) is 1. The van der Waals surface area contributed by atoms with E-state index in [-0.39, 0.29) is 11.1 Å². The van der Waals surface area contributed by atoms with Gasteiger partial charge >= 0.3 is 0 Å². The van der Waals surface area contributed by atoms with Gasteiger partial charge in [-0.15, -0.1) is 0 Å². The SMILES string of the molecule is CCC1Nc2ccc(S(N)(=O)=O)cc2O1. The number of fused-ring (bicyclic) bond motifs is 1. The van der Waals surface area contributed by atoms with Crippen molar-refractivity contribution in [2.75, 3.05) is 5.32 Å². The molecule has 0 bridgehead atoms. The summed E-state index contributed by atoms with van der Waals surface area (Å²) in [5.41, 5.74) is 0.800. The zero-order chi connectivity index (χ0) is 11.1. The zero-order valence-corrected chi connectivity index (χ0v) is 9.04. The van der Waals surface area contributed by atoms with E-state index in [0.717, 1.165) is 12.1 Å². The van der Waals surface area contributed by atoms with Crippen LogP contribution in [0.4, 0.5) is 5.69 Å². The molecular formula is C9H12N2O3S. The fourth-order valence-corrected chi connectivity index (χ4v) is 1.97. The van der Waals surface area contributed by atoms with Crippen LogP contribution in [0, 0.1) is 0 Å². The first-order chi connectivity index (χ1) is 7.00. The highest BCUT2D eigenvalue weighted by atomic mass is 32.2. The highest BCUT2D eigenvalue weighted by Gasteiger charge is 2.21. The summed E-state index contributed by atoms with van der Waals surface area (Å²) in [6.45, 7) is 1.98. The molecule has 1 heterocycles. The molecule has 0 aliphatic carbocycles. The molecule has 1 aromatic carbocycles. The van der Waals surface area contributed by atoms with Crippen molar-refractivity contribution in [2.24, 2.45) is 5.14 Å². The maximum absolute atomic E-state index is 11.1. The zero-order valence-electron chi connectivity index (χ0n) is 8.23. The van der Waals surface area contributed by atoms with Gasteiger partial charge in [0.25, 0.3) is 0 Å². The second kappa shape index (κ2) is 3.39. The van der Waals surface area contributed by atoms with Gasteiger partial charge in [-0.05, 0) is 12.1 Å². The van der Waals surface area contributed by atoms with Crippen LogP contribution in [-0.4, -0.2) is 14.6 Å². The van der Waals surface area contributed by atoms with Gasteiger partial charge in [0, 0.05) is 12.5 Å². The van der Waals surface area contributed by atoms with Crippen molar-refractivity contribution in [1.82, 2.24) is 0 Å². The number of hydrogen-bond acceptors (Lipinski definition) is 4. The molecule has 1 unspecified atom stereocenters. The van der Waals surface area contributed by atoms with Crippen LogP contribution in [0.1, 0.15) is 13.3 Å². The van der Waals surface area contributed by atoms with Crippen LogP contribution in [0.5, 0.6) is 5.75 Å². The van der Waals surface area contributed by atoms with E-state index in [2.05, 4.69) is 5.32 Å². The number of ether oxygens (including phenoxy) is 1. The Balaban J connectivity index is 2.39. The van der Waals surface area contributed by atoms with E-state index in [4.69, 9.17) is 9.88 Å². The highest BCUT2D eigenvalue weighted by molar-refractivity contribution is 7.89. The lowest BCUT2D eigenvalue weighted by Crippen LogP contribution is -2.17. The third-order valence-corrected chi connectivity index (χ3v) is 3.15. The average Bonchev–Trinajstić information content (AvgIpc) is 2.57. The highest BCUT2D eigenvalue weighted by Crippen LogP contribution is 2.34. The third-order valence-electron chi connectivity index (χ3n) is 2.24. The summed E-state index contributed by atoms with van der Waals surface area (Å²) in [6, 6.07) is 4.56. The van der Waals surface area contributed by atoms with Gasteiger partial charge in [0.2, 0.25) is 10.0 Å². The van der Waals surface area contributed by atoms with Crippen molar-refractivity contribution < 1.29 is 13.2 Å². The molecule has 3 N–H and O–H groups in total. The van der Waals surface area contributed by atoms with Gasteiger partial charge in [0.1, 0.15) is 5.75 Å². The predicted molar refractivity (Wildman–Crippen MR) is 56.1 cm³/mol. The topological polar surface area (TPSA) is 81.4 Å². The van der Waals surface area contributed by atoms with Crippen LogP contribution in [0.15, 0.2) is 23.1 Å². The van der Waals surface area contributed by atoms with Crippen molar-refractivity contribution >= 4 is 15.7 Å². The fraction of sp³-hybridized carbons (Fsp3) is 0.333. The number of anilines is 1. The van der Waals surface area contributed by atoms with Gasteiger partial charge < -0.3 is 10.1 Å². The van der Waals surface area contributed by atoms with Crippen molar-refractivity contribution in [1.29, 1.82) is 0 Å². The number of sulfonamides is 1. The standard InChI is InChI=1S/C9H12N2O3S/c1-2-9-11-7-4-3-6(15(10,12)13)5-8(7)14-9/h3-5,9,11H,2H2,1H3,(H2,10,12,13). The molecule has 0 saturated heterocycles. The number of primary sulfonamides is 1. The normalized spacial score (nSPS) is 19.2. The molecule has 1 aliphatic rings. The van der Waals surface area contributed by atoms with Crippen molar-refractivity contribution in [2.45, 2.75) is 24.5 Å². The van der Waals surface area contributed by atoms with E-state index in [1.165, 1.54) is 12.1 Å². The molecule has 0 saturated carbocycles. The first-order valence-electron chi connectivity index (χ1n) is 4.61. The molecule has 1 aliphatic heterocycles. The van der Waals surface area contributed by atoms with Crippen LogP contribution in [0.2, 0.25) is 0 Å². The molecule has 1 aromatic rings. The summed E-state index contributed by atoms with van der Waals surface area (Å²) in [5.74, 6) is 0.536. The second-order valence-corrected chi connectivity index (χ2v) is 4.92. The first kappa shape index (κ1) is 10.3. The monoisotopic (exact) mass is 228 g/mol. The van der Waals surface area contributed by atoms with Crippen LogP contribution in [-0.2, 0) is 10.0 Å². The van der Waals surface area contributed by atoms with Crippen LogP contribution in [0.3, 0.4) is 0 Å². The largest absolute Gasteiger partial charge is 0.469 e. The van der Waals surface area contributed by atoms with Gasteiger partial charge in [-0.25, -0.2) is 13.6 Å². The predicted octanol–water partition coefficient (Wildman–Crippen LogP) is 0.874. The Morgan fingerprint density at radius 3 is 2.87 bits per heavy atom. The molecule has 2 rings (SSSR count). The van der Waals surface area contributed by atoms with Gasteiger partial charge in [-0.1, -0.05) is 6.92 Å². The Hall–Kier alpha value is -1.27. The maximum atomic E-state index is 11.1. The minimum Gasteiger partial charge on any atom is -0.469 e. The van der Waals surface area contributed by atoms with E-state index >= 15 is 0 Å². The summed E-state index contributed by atoms with van der Waals surface area (Å²) in [4.78, 5) is 0.0693. The van der Waals surface area contributed by atoms with Crippen LogP contribution >= 0.6 is 0 Å². The van der Waals surface area contributed by atoms with E-state index in [0.29, 0.717) is 5.75 Å². The molecule has 82 valence electrons. The van der Waals surface area contributed by atoms with E-state index in [1.54, 1.807) is 6.07 Å². The molecular weight excluding hydrogens is 216 g/mol. The van der Waals surface area contributed by atoms with Crippen molar-refractivity contribution in [3.8, 4) is 5.75 Å². The van der Waals surface area contributed by atoms with E-state index in [9.17, 15) is 8.42 Å². The molecule has 1 atom stereocenters. The Kier molecular flexibility index (Phi) is 2.32. The lowest BCUT2D eigenvalue weighted by molar-refractivity contribution is 0.248. The number of benzene rings is 1. The molecule has 6 heteroatoms. The van der Waals surface area contributed by atoms with Gasteiger partial charge in [-0.2, -0.15) is 0 Å². The first-order valence-corrected chi connectivity index (χ1v) is 6.15. The van der Waals surface area contributed by atoms with E-state index < -0.39 is 10.0 Å². The molecule has 5 nitrogen and oxygen atoms in total.